The highest BCUT2D eigenvalue weighted by Gasteiger charge is 2.15. The first-order valence-corrected chi connectivity index (χ1v) is 7.46. The first-order chi connectivity index (χ1) is 8.88. The molecule has 0 heterocycles. The maximum atomic E-state index is 12.1. The largest absolute Gasteiger partial charge is 0.399 e. The van der Waals surface area contributed by atoms with E-state index in [0.29, 0.717) is 10.7 Å². The zero-order valence-electron chi connectivity index (χ0n) is 9.60. The second kappa shape index (κ2) is 5.28. The fourth-order valence-electron chi connectivity index (χ4n) is 1.45. The van der Waals surface area contributed by atoms with Crippen molar-refractivity contribution in [3.63, 3.8) is 0 Å². The molecule has 0 saturated heterocycles. The Morgan fingerprint density at radius 3 is 2.42 bits per heavy atom. The Bertz CT molecular complexity index is 717. The molecule has 2 aromatic carbocycles. The second-order valence-electron chi connectivity index (χ2n) is 3.80. The van der Waals surface area contributed by atoms with Crippen molar-refractivity contribution in [2.24, 2.45) is 0 Å². The molecule has 0 radical (unpaired) electrons. The summed E-state index contributed by atoms with van der Waals surface area (Å²) in [5, 5.41) is 0.567. The number of benzene rings is 2. The first kappa shape index (κ1) is 14.0. The predicted octanol–water partition coefficient (Wildman–Crippen LogP) is 3.38. The van der Waals surface area contributed by atoms with Crippen LogP contribution in [0.15, 0.2) is 47.4 Å². The van der Waals surface area contributed by atoms with Gasteiger partial charge in [0, 0.05) is 10.7 Å². The van der Waals surface area contributed by atoms with Crippen molar-refractivity contribution in [2.45, 2.75) is 4.90 Å². The highest BCUT2D eigenvalue weighted by molar-refractivity contribution is 7.92. The van der Waals surface area contributed by atoms with Crippen LogP contribution in [0.25, 0.3) is 0 Å². The summed E-state index contributed by atoms with van der Waals surface area (Å²) in [6.45, 7) is 0. The van der Waals surface area contributed by atoms with E-state index in [-0.39, 0.29) is 15.6 Å². The summed E-state index contributed by atoms with van der Waals surface area (Å²) >= 11 is 11.7. The fourth-order valence-corrected chi connectivity index (χ4v) is 3.12. The Balaban J connectivity index is 2.36. The lowest BCUT2D eigenvalue weighted by molar-refractivity contribution is 0.601. The summed E-state index contributed by atoms with van der Waals surface area (Å²) in [4.78, 5) is 0.0629. The normalized spacial score (nSPS) is 11.3. The van der Waals surface area contributed by atoms with Crippen LogP contribution in [0, 0.1) is 0 Å². The lowest BCUT2D eigenvalue weighted by Gasteiger charge is -2.10. The van der Waals surface area contributed by atoms with Crippen LogP contribution in [0.4, 0.5) is 11.4 Å². The van der Waals surface area contributed by atoms with Gasteiger partial charge in [-0.1, -0.05) is 29.3 Å². The Morgan fingerprint density at radius 2 is 1.79 bits per heavy atom. The highest BCUT2D eigenvalue weighted by atomic mass is 35.5. The standard InChI is InChI=1S/C12H10Cl2N2O2S/c13-8-2-1-3-10(6-8)19(17,18)16-12-5-4-9(15)7-11(12)14/h1-7,16H,15H2. The van der Waals surface area contributed by atoms with Crippen molar-refractivity contribution >= 4 is 44.6 Å². The quantitative estimate of drug-likeness (QED) is 0.853. The molecule has 0 spiro atoms. The molecule has 2 aromatic rings. The fraction of sp³-hybridized carbons (Fsp3) is 0. The summed E-state index contributed by atoms with van der Waals surface area (Å²) in [5.74, 6) is 0. The van der Waals surface area contributed by atoms with Gasteiger partial charge in [-0.2, -0.15) is 0 Å². The van der Waals surface area contributed by atoms with Crippen LogP contribution >= 0.6 is 23.2 Å². The van der Waals surface area contributed by atoms with Gasteiger partial charge in [0.25, 0.3) is 10.0 Å². The highest BCUT2D eigenvalue weighted by Crippen LogP contribution is 2.27. The van der Waals surface area contributed by atoms with E-state index >= 15 is 0 Å². The molecule has 0 atom stereocenters. The van der Waals surface area contributed by atoms with Crippen LogP contribution in [0.5, 0.6) is 0 Å². The molecule has 19 heavy (non-hydrogen) atoms. The van der Waals surface area contributed by atoms with Crippen LogP contribution < -0.4 is 10.5 Å². The Labute approximate surface area is 121 Å². The predicted molar refractivity (Wildman–Crippen MR) is 78.1 cm³/mol. The van der Waals surface area contributed by atoms with E-state index in [0.717, 1.165) is 0 Å². The average molecular weight is 317 g/mol. The van der Waals surface area contributed by atoms with Crippen LogP contribution in [-0.4, -0.2) is 8.42 Å². The molecular formula is C12H10Cl2N2O2S. The maximum Gasteiger partial charge on any atom is 0.261 e. The first-order valence-electron chi connectivity index (χ1n) is 5.22. The van der Waals surface area contributed by atoms with Crippen LogP contribution in [0.2, 0.25) is 10.0 Å². The number of sulfonamides is 1. The molecule has 0 aliphatic carbocycles. The lowest BCUT2D eigenvalue weighted by Crippen LogP contribution is -2.13. The minimum absolute atomic E-state index is 0.0629. The molecule has 0 unspecified atom stereocenters. The topological polar surface area (TPSA) is 72.2 Å². The van der Waals surface area contributed by atoms with Gasteiger partial charge in [-0.25, -0.2) is 8.42 Å². The van der Waals surface area contributed by atoms with E-state index in [1.807, 2.05) is 0 Å². The molecule has 7 heteroatoms. The minimum Gasteiger partial charge on any atom is -0.399 e. The van der Waals surface area contributed by atoms with Gasteiger partial charge in [-0.3, -0.25) is 4.72 Å². The molecule has 2 rings (SSSR count). The van der Waals surface area contributed by atoms with Crippen molar-refractivity contribution < 1.29 is 8.42 Å². The number of hydrogen-bond donors (Lipinski definition) is 2. The summed E-state index contributed by atoms with van der Waals surface area (Å²) in [6, 6.07) is 10.5. The maximum absolute atomic E-state index is 12.1. The molecule has 0 aliphatic heterocycles. The second-order valence-corrected chi connectivity index (χ2v) is 6.33. The van der Waals surface area contributed by atoms with Crippen LogP contribution in [0.1, 0.15) is 0 Å². The monoisotopic (exact) mass is 316 g/mol. The molecule has 0 bridgehead atoms. The van der Waals surface area contributed by atoms with Gasteiger partial charge in [0.2, 0.25) is 0 Å². The molecular weight excluding hydrogens is 307 g/mol. The third kappa shape index (κ3) is 3.32. The summed E-state index contributed by atoms with van der Waals surface area (Å²) in [6.07, 6.45) is 0. The van der Waals surface area contributed by atoms with E-state index in [2.05, 4.69) is 4.72 Å². The number of nitrogens with one attached hydrogen (secondary N) is 1. The molecule has 100 valence electrons. The SMILES string of the molecule is Nc1ccc(NS(=O)(=O)c2cccc(Cl)c2)c(Cl)c1. The molecule has 0 fully saturated rings. The van der Waals surface area contributed by atoms with Crippen molar-refractivity contribution in [3.05, 3.63) is 52.5 Å². The van der Waals surface area contributed by atoms with Gasteiger partial charge >= 0.3 is 0 Å². The lowest BCUT2D eigenvalue weighted by atomic mass is 10.3. The number of nitrogens with two attached hydrogens (primary N) is 1. The number of halogens is 2. The molecule has 0 amide bonds. The van der Waals surface area contributed by atoms with Gasteiger partial charge < -0.3 is 5.73 Å². The smallest absolute Gasteiger partial charge is 0.261 e. The Hall–Kier alpha value is -1.43. The molecule has 3 N–H and O–H groups in total. The van der Waals surface area contributed by atoms with Gasteiger partial charge in [-0.05, 0) is 36.4 Å². The molecule has 0 saturated carbocycles. The number of hydrogen-bond acceptors (Lipinski definition) is 3. The third-order valence-electron chi connectivity index (χ3n) is 2.34. The van der Waals surface area contributed by atoms with Crippen molar-refractivity contribution in [3.8, 4) is 0 Å². The summed E-state index contributed by atoms with van der Waals surface area (Å²) < 4.78 is 26.6. The average Bonchev–Trinajstić information content (AvgIpc) is 2.33. The third-order valence-corrected chi connectivity index (χ3v) is 4.25. The summed E-state index contributed by atoms with van der Waals surface area (Å²) in [7, 11) is -3.73. The zero-order chi connectivity index (χ0) is 14.0. The Kier molecular flexibility index (Phi) is 3.89. The molecule has 0 aliphatic rings. The van der Waals surface area contributed by atoms with E-state index in [4.69, 9.17) is 28.9 Å². The van der Waals surface area contributed by atoms with Gasteiger partial charge in [0.15, 0.2) is 0 Å². The van der Waals surface area contributed by atoms with Crippen LogP contribution in [0.3, 0.4) is 0 Å². The van der Waals surface area contributed by atoms with E-state index < -0.39 is 10.0 Å². The van der Waals surface area contributed by atoms with Crippen molar-refractivity contribution in [2.75, 3.05) is 10.5 Å². The van der Waals surface area contributed by atoms with Gasteiger partial charge in [0.05, 0.1) is 15.6 Å². The van der Waals surface area contributed by atoms with E-state index in [9.17, 15) is 8.42 Å². The number of nitrogen functional groups attached to an aromatic ring is 1. The van der Waals surface area contributed by atoms with Gasteiger partial charge in [-0.15, -0.1) is 0 Å². The van der Waals surface area contributed by atoms with Gasteiger partial charge in [0.1, 0.15) is 0 Å². The van der Waals surface area contributed by atoms with Crippen molar-refractivity contribution in [1.82, 2.24) is 0 Å². The molecule has 4 nitrogen and oxygen atoms in total. The summed E-state index contributed by atoms with van der Waals surface area (Å²) in [5.41, 5.74) is 6.26. The van der Waals surface area contributed by atoms with Crippen LogP contribution in [-0.2, 0) is 10.0 Å². The number of anilines is 2. The van der Waals surface area contributed by atoms with E-state index in [1.54, 1.807) is 18.2 Å². The van der Waals surface area contributed by atoms with Crippen molar-refractivity contribution in [1.29, 1.82) is 0 Å². The number of rotatable bonds is 3. The zero-order valence-corrected chi connectivity index (χ0v) is 11.9. The minimum atomic E-state index is -3.73. The Morgan fingerprint density at radius 1 is 1.05 bits per heavy atom. The molecule has 0 aromatic heterocycles. The van der Waals surface area contributed by atoms with E-state index in [1.165, 1.54) is 24.3 Å².